The predicted octanol–water partition coefficient (Wildman–Crippen LogP) is 3.66. The van der Waals surface area contributed by atoms with Crippen LogP contribution in [0.4, 0.5) is 5.82 Å². The van der Waals surface area contributed by atoms with Crippen LogP contribution >= 0.6 is 0 Å². The summed E-state index contributed by atoms with van der Waals surface area (Å²) < 4.78 is 5.31. The minimum absolute atomic E-state index is 0.161. The van der Waals surface area contributed by atoms with E-state index in [4.69, 9.17) is 4.74 Å². The smallest absolute Gasteiger partial charge is 0.253 e. The second-order valence-corrected chi connectivity index (χ2v) is 6.24. The Bertz CT molecular complexity index is 880. The van der Waals surface area contributed by atoms with E-state index in [1.54, 1.807) is 19.4 Å². The molecule has 27 heavy (non-hydrogen) atoms. The summed E-state index contributed by atoms with van der Waals surface area (Å²) in [6.07, 6.45) is 1.61. The van der Waals surface area contributed by atoms with E-state index in [1.807, 2.05) is 60.5 Å². The van der Waals surface area contributed by atoms with Crippen LogP contribution in [0.1, 0.15) is 21.5 Å². The van der Waals surface area contributed by atoms with Gasteiger partial charge in [-0.2, -0.15) is 0 Å². The number of anilines is 1. The number of para-hydroxylation sites is 1. The van der Waals surface area contributed by atoms with Crippen LogP contribution in [0.25, 0.3) is 0 Å². The molecule has 0 aliphatic carbocycles. The van der Waals surface area contributed by atoms with Crippen molar-refractivity contribution in [3.63, 3.8) is 0 Å². The van der Waals surface area contributed by atoms with Crippen molar-refractivity contribution >= 4 is 11.7 Å². The second-order valence-electron chi connectivity index (χ2n) is 6.24. The number of rotatable bonds is 7. The van der Waals surface area contributed by atoms with E-state index in [0.717, 1.165) is 23.7 Å². The highest BCUT2D eigenvalue weighted by Gasteiger charge is 2.09. The van der Waals surface area contributed by atoms with Crippen LogP contribution in [0.2, 0.25) is 0 Å². The third-order valence-electron chi connectivity index (χ3n) is 4.30. The van der Waals surface area contributed by atoms with Crippen molar-refractivity contribution in [1.82, 2.24) is 10.3 Å². The SMILES string of the molecule is COc1ccccc1CNC(=O)c1ccc(N(C)Cc2ccccc2)nc1. The molecule has 5 heteroatoms. The Morgan fingerprint density at radius 2 is 1.78 bits per heavy atom. The first kappa shape index (κ1) is 18.5. The maximum absolute atomic E-state index is 12.4. The Labute approximate surface area is 159 Å². The summed E-state index contributed by atoms with van der Waals surface area (Å²) in [5, 5.41) is 2.91. The minimum Gasteiger partial charge on any atom is -0.496 e. The molecule has 0 fully saturated rings. The van der Waals surface area contributed by atoms with Gasteiger partial charge in [0.05, 0.1) is 12.7 Å². The van der Waals surface area contributed by atoms with Crippen LogP contribution in [0, 0.1) is 0 Å². The zero-order valence-corrected chi connectivity index (χ0v) is 15.6. The monoisotopic (exact) mass is 361 g/mol. The van der Waals surface area contributed by atoms with Gasteiger partial charge in [-0.15, -0.1) is 0 Å². The Kier molecular flexibility index (Phi) is 6.05. The highest BCUT2D eigenvalue weighted by molar-refractivity contribution is 5.94. The third kappa shape index (κ3) is 4.85. The maximum Gasteiger partial charge on any atom is 0.253 e. The van der Waals surface area contributed by atoms with Gasteiger partial charge in [-0.3, -0.25) is 4.79 Å². The summed E-state index contributed by atoms with van der Waals surface area (Å²) in [5.74, 6) is 1.42. The number of nitrogens with zero attached hydrogens (tertiary/aromatic N) is 2. The number of amides is 1. The van der Waals surface area contributed by atoms with Gasteiger partial charge in [-0.25, -0.2) is 4.98 Å². The molecule has 0 radical (unpaired) electrons. The average Bonchev–Trinajstić information content (AvgIpc) is 2.73. The van der Waals surface area contributed by atoms with Gasteiger partial charge in [-0.1, -0.05) is 48.5 Å². The summed E-state index contributed by atoms with van der Waals surface area (Å²) in [6, 6.07) is 21.5. The van der Waals surface area contributed by atoms with Gasteiger partial charge in [0.1, 0.15) is 11.6 Å². The lowest BCUT2D eigenvalue weighted by molar-refractivity contribution is 0.0950. The molecule has 0 saturated carbocycles. The molecule has 2 aromatic carbocycles. The Morgan fingerprint density at radius 1 is 1.04 bits per heavy atom. The van der Waals surface area contributed by atoms with E-state index in [1.165, 1.54) is 5.56 Å². The van der Waals surface area contributed by atoms with E-state index in [9.17, 15) is 4.79 Å². The number of methoxy groups -OCH3 is 1. The van der Waals surface area contributed by atoms with Gasteiger partial charge < -0.3 is 15.0 Å². The molecule has 3 aromatic rings. The van der Waals surface area contributed by atoms with Crippen LogP contribution in [-0.2, 0) is 13.1 Å². The van der Waals surface area contributed by atoms with Gasteiger partial charge in [0.2, 0.25) is 0 Å². The molecule has 0 spiro atoms. The van der Waals surface area contributed by atoms with Crippen LogP contribution in [0.5, 0.6) is 5.75 Å². The lowest BCUT2D eigenvalue weighted by atomic mass is 10.2. The first-order chi connectivity index (χ1) is 13.2. The normalized spacial score (nSPS) is 10.3. The Balaban J connectivity index is 1.60. The lowest BCUT2D eigenvalue weighted by Crippen LogP contribution is -2.23. The molecule has 1 heterocycles. The standard InChI is InChI=1S/C22H23N3O2/c1-25(16-17-8-4-3-5-9-17)21-13-12-19(15-23-21)22(26)24-14-18-10-6-7-11-20(18)27-2/h3-13,15H,14,16H2,1-2H3,(H,24,26). The van der Waals surface area contributed by atoms with Gasteiger partial charge in [0, 0.05) is 31.9 Å². The number of benzene rings is 2. The molecule has 0 aliphatic rings. The van der Waals surface area contributed by atoms with Gasteiger partial charge >= 0.3 is 0 Å². The molecule has 0 unspecified atom stereocenters. The number of pyridine rings is 1. The molecular formula is C22H23N3O2. The van der Waals surface area contributed by atoms with E-state index < -0.39 is 0 Å². The summed E-state index contributed by atoms with van der Waals surface area (Å²) >= 11 is 0. The second kappa shape index (κ2) is 8.85. The fraction of sp³-hybridized carbons (Fsp3) is 0.182. The number of aromatic nitrogens is 1. The summed E-state index contributed by atoms with van der Waals surface area (Å²) in [6.45, 7) is 1.16. The molecule has 0 aliphatic heterocycles. The fourth-order valence-electron chi connectivity index (χ4n) is 2.81. The van der Waals surface area contributed by atoms with Crippen molar-refractivity contribution in [3.05, 3.63) is 89.6 Å². The summed E-state index contributed by atoms with van der Waals surface area (Å²) in [4.78, 5) is 18.9. The maximum atomic E-state index is 12.4. The molecule has 1 amide bonds. The van der Waals surface area contributed by atoms with Crippen molar-refractivity contribution in [3.8, 4) is 5.75 Å². The third-order valence-corrected chi connectivity index (χ3v) is 4.30. The topological polar surface area (TPSA) is 54.5 Å². The zero-order valence-electron chi connectivity index (χ0n) is 15.6. The van der Waals surface area contributed by atoms with Gasteiger partial charge in [0.25, 0.3) is 5.91 Å². The quantitative estimate of drug-likeness (QED) is 0.698. The molecule has 1 aromatic heterocycles. The van der Waals surface area contributed by atoms with Crippen LogP contribution in [0.15, 0.2) is 72.9 Å². The van der Waals surface area contributed by atoms with Gasteiger partial charge in [-0.05, 0) is 23.8 Å². The first-order valence-electron chi connectivity index (χ1n) is 8.78. The van der Waals surface area contributed by atoms with Crippen molar-refractivity contribution in [1.29, 1.82) is 0 Å². The molecule has 5 nitrogen and oxygen atoms in total. The fourth-order valence-corrected chi connectivity index (χ4v) is 2.81. The summed E-state index contributed by atoms with van der Waals surface area (Å²) in [5.41, 5.74) is 2.67. The van der Waals surface area contributed by atoms with Crippen molar-refractivity contribution in [2.24, 2.45) is 0 Å². The van der Waals surface area contributed by atoms with Crippen LogP contribution in [-0.4, -0.2) is 25.0 Å². The lowest BCUT2D eigenvalue weighted by Gasteiger charge is -2.18. The zero-order chi connectivity index (χ0) is 19.1. The molecule has 1 N–H and O–H groups in total. The summed E-state index contributed by atoms with van der Waals surface area (Å²) in [7, 11) is 3.60. The van der Waals surface area contributed by atoms with E-state index in [-0.39, 0.29) is 5.91 Å². The number of carbonyl (C=O) groups is 1. The largest absolute Gasteiger partial charge is 0.496 e. The van der Waals surface area contributed by atoms with E-state index in [2.05, 4.69) is 22.4 Å². The molecule has 3 rings (SSSR count). The number of nitrogens with one attached hydrogen (secondary N) is 1. The molecule has 0 bridgehead atoms. The van der Waals surface area contributed by atoms with E-state index in [0.29, 0.717) is 12.1 Å². The average molecular weight is 361 g/mol. The van der Waals surface area contributed by atoms with Crippen LogP contribution in [0.3, 0.4) is 0 Å². The van der Waals surface area contributed by atoms with Crippen LogP contribution < -0.4 is 15.0 Å². The highest BCUT2D eigenvalue weighted by Crippen LogP contribution is 2.17. The van der Waals surface area contributed by atoms with Crippen molar-refractivity contribution in [2.75, 3.05) is 19.1 Å². The minimum atomic E-state index is -0.161. The van der Waals surface area contributed by atoms with E-state index >= 15 is 0 Å². The highest BCUT2D eigenvalue weighted by atomic mass is 16.5. The predicted molar refractivity (Wildman–Crippen MR) is 107 cm³/mol. The van der Waals surface area contributed by atoms with Gasteiger partial charge in [0.15, 0.2) is 0 Å². The number of carbonyl (C=O) groups excluding carboxylic acids is 1. The Morgan fingerprint density at radius 3 is 2.48 bits per heavy atom. The Hall–Kier alpha value is -3.34. The number of hydrogen-bond donors (Lipinski definition) is 1. The first-order valence-corrected chi connectivity index (χ1v) is 8.78. The molecule has 0 saturated heterocycles. The molecule has 0 atom stereocenters. The molecule has 138 valence electrons. The van der Waals surface area contributed by atoms with Crippen molar-refractivity contribution in [2.45, 2.75) is 13.1 Å². The number of hydrogen-bond acceptors (Lipinski definition) is 4. The molecular weight excluding hydrogens is 338 g/mol. The van der Waals surface area contributed by atoms with Crippen molar-refractivity contribution < 1.29 is 9.53 Å². The number of ether oxygens (including phenoxy) is 1.